The van der Waals surface area contributed by atoms with E-state index >= 15 is 0 Å². The molecule has 2 rings (SSSR count). The van der Waals surface area contributed by atoms with Crippen LogP contribution in [0.25, 0.3) is 0 Å². The Morgan fingerprint density at radius 3 is 2.50 bits per heavy atom. The number of H-pyrrole nitrogens is 1. The molecule has 0 unspecified atom stereocenters. The molecule has 104 valence electrons. The fourth-order valence-corrected chi connectivity index (χ4v) is 3.65. The summed E-state index contributed by atoms with van der Waals surface area (Å²) in [5.74, 6) is 0. The predicted octanol–water partition coefficient (Wildman–Crippen LogP) is 0.512. The molecule has 6 nitrogen and oxygen atoms in total. The Balaban J connectivity index is 0.00000162. The van der Waals surface area contributed by atoms with E-state index in [9.17, 15) is 8.42 Å². The van der Waals surface area contributed by atoms with Gasteiger partial charge in [0, 0.05) is 13.1 Å². The zero-order chi connectivity index (χ0) is 12.5. The van der Waals surface area contributed by atoms with Crippen LogP contribution in [0.4, 0.5) is 0 Å². The van der Waals surface area contributed by atoms with E-state index in [-0.39, 0.29) is 23.3 Å². The topological polar surface area (TPSA) is 78.1 Å². The van der Waals surface area contributed by atoms with Crippen molar-refractivity contribution in [1.29, 1.82) is 0 Å². The lowest BCUT2D eigenvalue weighted by Gasteiger charge is -2.30. The Bertz CT molecular complexity index is 482. The van der Waals surface area contributed by atoms with Crippen molar-refractivity contribution in [3.63, 3.8) is 0 Å². The van der Waals surface area contributed by atoms with Gasteiger partial charge in [-0.05, 0) is 32.9 Å². The molecule has 0 aromatic carbocycles. The van der Waals surface area contributed by atoms with Crippen LogP contribution in [0.1, 0.15) is 18.5 Å². The van der Waals surface area contributed by atoms with Crippen molar-refractivity contribution in [2.45, 2.75) is 30.7 Å². The van der Waals surface area contributed by atoms with E-state index in [1.807, 2.05) is 0 Å². The van der Waals surface area contributed by atoms with Gasteiger partial charge in [-0.25, -0.2) is 8.42 Å². The van der Waals surface area contributed by atoms with Gasteiger partial charge in [0.25, 0.3) is 0 Å². The third kappa shape index (κ3) is 2.85. The van der Waals surface area contributed by atoms with E-state index in [1.165, 1.54) is 10.5 Å². The molecule has 0 aliphatic carbocycles. The SMILES string of the molecule is Cc1[nH]ncc1S(=O)(=O)N(C)C1CCNCC1.Cl. The lowest BCUT2D eigenvalue weighted by atomic mass is 10.1. The molecule has 0 radical (unpaired) electrons. The molecule has 1 fully saturated rings. The number of sulfonamides is 1. The number of nitrogens with one attached hydrogen (secondary N) is 2. The van der Waals surface area contributed by atoms with Gasteiger partial charge in [-0.3, -0.25) is 5.10 Å². The predicted molar refractivity (Wildman–Crippen MR) is 71.4 cm³/mol. The number of rotatable bonds is 3. The fraction of sp³-hybridized carbons (Fsp3) is 0.700. The van der Waals surface area contributed by atoms with Crippen LogP contribution in [-0.2, 0) is 10.0 Å². The summed E-state index contributed by atoms with van der Waals surface area (Å²) in [6.07, 6.45) is 3.08. The van der Waals surface area contributed by atoms with Crippen molar-refractivity contribution in [3.05, 3.63) is 11.9 Å². The van der Waals surface area contributed by atoms with Gasteiger partial charge in [-0.2, -0.15) is 9.40 Å². The average molecular weight is 295 g/mol. The van der Waals surface area contributed by atoms with Crippen molar-refractivity contribution in [1.82, 2.24) is 19.8 Å². The molecule has 1 aliphatic rings. The summed E-state index contributed by atoms with van der Waals surface area (Å²) in [4.78, 5) is 0.276. The number of halogens is 1. The second-order valence-corrected chi connectivity index (χ2v) is 6.33. The van der Waals surface area contributed by atoms with Crippen LogP contribution in [0, 0.1) is 6.92 Å². The van der Waals surface area contributed by atoms with Crippen LogP contribution in [0.3, 0.4) is 0 Å². The first kappa shape index (κ1) is 15.4. The van der Waals surface area contributed by atoms with Crippen LogP contribution in [0.5, 0.6) is 0 Å². The molecule has 0 spiro atoms. The quantitative estimate of drug-likeness (QED) is 0.851. The van der Waals surface area contributed by atoms with Crippen molar-refractivity contribution in [3.8, 4) is 0 Å². The lowest BCUT2D eigenvalue weighted by Crippen LogP contribution is -2.43. The molecule has 2 N–H and O–H groups in total. The van der Waals surface area contributed by atoms with Crippen LogP contribution < -0.4 is 5.32 Å². The van der Waals surface area contributed by atoms with Crippen molar-refractivity contribution in [2.75, 3.05) is 20.1 Å². The fourth-order valence-electron chi connectivity index (χ4n) is 2.12. The minimum absolute atomic E-state index is 0. The molecule has 18 heavy (non-hydrogen) atoms. The van der Waals surface area contributed by atoms with Crippen molar-refractivity contribution >= 4 is 22.4 Å². The first-order valence-electron chi connectivity index (χ1n) is 5.72. The smallest absolute Gasteiger partial charge is 0.246 e. The third-order valence-electron chi connectivity index (χ3n) is 3.26. The highest BCUT2D eigenvalue weighted by molar-refractivity contribution is 7.89. The summed E-state index contributed by atoms with van der Waals surface area (Å²) in [6.45, 7) is 3.46. The number of piperidine rings is 1. The van der Waals surface area contributed by atoms with E-state index in [0.29, 0.717) is 5.69 Å². The van der Waals surface area contributed by atoms with Crippen LogP contribution in [0.2, 0.25) is 0 Å². The summed E-state index contributed by atoms with van der Waals surface area (Å²) in [7, 11) is -1.76. The first-order chi connectivity index (χ1) is 8.03. The van der Waals surface area contributed by atoms with Crippen molar-refractivity contribution in [2.24, 2.45) is 0 Å². The third-order valence-corrected chi connectivity index (χ3v) is 5.29. The van der Waals surface area contributed by atoms with Crippen LogP contribution >= 0.6 is 12.4 Å². The van der Waals surface area contributed by atoms with Crippen molar-refractivity contribution < 1.29 is 8.42 Å². The highest BCUT2D eigenvalue weighted by Gasteiger charge is 2.30. The molecular formula is C10H19ClN4O2S. The van der Waals surface area contributed by atoms with Crippen LogP contribution in [-0.4, -0.2) is 49.1 Å². The molecule has 1 saturated heterocycles. The molecule has 0 saturated carbocycles. The van der Waals surface area contributed by atoms with Gasteiger partial charge in [0.1, 0.15) is 4.90 Å². The molecule has 1 aliphatic heterocycles. The van der Waals surface area contributed by atoms with E-state index in [0.717, 1.165) is 25.9 Å². The van der Waals surface area contributed by atoms with E-state index in [4.69, 9.17) is 0 Å². The Kier molecular flexibility index (Phi) is 5.15. The molecule has 0 atom stereocenters. The molecular weight excluding hydrogens is 276 g/mol. The number of hydrogen-bond acceptors (Lipinski definition) is 4. The number of nitrogens with zero attached hydrogens (tertiary/aromatic N) is 2. The first-order valence-corrected chi connectivity index (χ1v) is 7.16. The molecule has 0 amide bonds. The highest BCUT2D eigenvalue weighted by atomic mass is 35.5. The zero-order valence-corrected chi connectivity index (χ0v) is 12.1. The monoisotopic (exact) mass is 294 g/mol. The maximum Gasteiger partial charge on any atom is 0.246 e. The summed E-state index contributed by atoms with van der Waals surface area (Å²) in [6, 6.07) is 0.0792. The standard InChI is InChI=1S/C10H18N4O2S.ClH/c1-8-10(7-12-13-8)17(15,16)14(2)9-3-5-11-6-4-9;/h7,9,11H,3-6H2,1-2H3,(H,12,13);1H. The average Bonchev–Trinajstić information content (AvgIpc) is 2.76. The van der Waals surface area contributed by atoms with Gasteiger partial charge >= 0.3 is 0 Å². The summed E-state index contributed by atoms with van der Waals surface area (Å²) < 4.78 is 26.2. The summed E-state index contributed by atoms with van der Waals surface area (Å²) in [5.41, 5.74) is 0.589. The second-order valence-electron chi connectivity index (χ2n) is 4.36. The number of aromatic amines is 1. The van der Waals surface area contributed by atoms with E-state index in [2.05, 4.69) is 15.5 Å². The Labute approximate surface area is 114 Å². The summed E-state index contributed by atoms with van der Waals surface area (Å²) >= 11 is 0. The molecule has 1 aromatic rings. The maximum absolute atomic E-state index is 12.4. The molecule has 0 bridgehead atoms. The van der Waals surface area contributed by atoms with Gasteiger partial charge < -0.3 is 5.32 Å². The molecule has 8 heteroatoms. The largest absolute Gasteiger partial charge is 0.317 e. The molecule has 2 heterocycles. The minimum atomic E-state index is -3.41. The summed E-state index contributed by atoms with van der Waals surface area (Å²) in [5, 5.41) is 9.66. The maximum atomic E-state index is 12.4. The van der Waals surface area contributed by atoms with Crippen LogP contribution in [0.15, 0.2) is 11.1 Å². The Morgan fingerprint density at radius 1 is 1.39 bits per heavy atom. The Morgan fingerprint density at radius 2 is 2.00 bits per heavy atom. The van der Waals surface area contributed by atoms with Gasteiger partial charge in [0.2, 0.25) is 10.0 Å². The second kappa shape index (κ2) is 6.01. The number of aromatic nitrogens is 2. The zero-order valence-electron chi connectivity index (χ0n) is 10.5. The normalized spacial score (nSPS) is 17.7. The molecule has 1 aromatic heterocycles. The van der Waals surface area contributed by atoms with Gasteiger partial charge in [0.05, 0.1) is 11.9 Å². The lowest BCUT2D eigenvalue weighted by molar-refractivity contribution is 0.296. The highest BCUT2D eigenvalue weighted by Crippen LogP contribution is 2.21. The number of aryl methyl sites for hydroxylation is 1. The van der Waals surface area contributed by atoms with Gasteiger partial charge in [-0.15, -0.1) is 12.4 Å². The van der Waals surface area contributed by atoms with E-state index < -0.39 is 10.0 Å². The van der Waals surface area contributed by atoms with Gasteiger partial charge in [0.15, 0.2) is 0 Å². The van der Waals surface area contributed by atoms with Gasteiger partial charge in [-0.1, -0.05) is 0 Å². The Hall–Kier alpha value is -0.630. The van der Waals surface area contributed by atoms with E-state index in [1.54, 1.807) is 14.0 Å². The number of hydrogen-bond donors (Lipinski definition) is 2. The minimum Gasteiger partial charge on any atom is -0.317 e.